The molecule has 0 aliphatic carbocycles. The van der Waals surface area contributed by atoms with Gasteiger partial charge in [-0.15, -0.1) is 0 Å². The molecule has 0 fully saturated rings. The number of ether oxygens (including phenoxy) is 1. The third kappa shape index (κ3) is 4.36. The van der Waals surface area contributed by atoms with Gasteiger partial charge in [-0.1, -0.05) is 18.2 Å². The summed E-state index contributed by atoms with van der Waals surface area (Å²) in [5.74, 6) is -0.632. The van der Waals surface area contributed by atoms with Crippen LogP contribution in [-0.4, -0.2) is 31.7 Å². The van der Waals surface area contributed by atoms with E-state index in [1.54, 1.807) is 24.3 Å². The summed E-state index contributed by atoms with van der Waals surface area (Å²) >= 11 is 0. The average Bonchev–Trinajstić information content (AvgIpc) is 2.97. The number of sulfonamides is 1. The summed E-state index contributed by atoms with van der Waals surface area (Å²) in [6, 6.07) is 13.3. The first kappa shape index (κ1) is 15.6. The third-order valence-electron chi connectivity index (χ3n) is 2.66. The second kappa shape index (κ2) is 6.78. The molecule has 0 unspecified atom stereocenters. The molecule has 8 heteroatoms. The Morgan fingerprint density at radius 1 is 1.23 bits per heavy atom. The third-order valence-corrected chi connectivity index (χ3v) is 3.86. The van der Waals surface area contributed by atoms with Crippen LogP contribution in [0.25, 0.3) is 0 Å². The zero-order valence-corrected chi connectivity index (χ0v) is 12.3. The van der Waals surface area contributed by atoms with E-state index in [2.05, 4.69) is 4.98 Å². The number of aromatic nitrogens is 1. The quantitative estimate of drug-likeness (QED) is 0.825. The fourth-order valence-corrected chi connectivity index (χ4v) is 2.42. The molecule has 2 aromatic rings. The number of para-hydroxylation sites is 1. The summed E-state index contributed by atoms with van der Waals surface area (Å²) in [6.45, 7) is -0.0825. The average molecular weight is 319 g/mol. The van der Waals surface area contributed by atoms with Gasteiger partial charge in [0.15, 0.2) is 0 Å². The van der Waals surface area contributed by atoms with Gasteiger partial charge in [0.1, 0.15) is 35.6 Å². The Balaban J connectivity index is 1.88. The van der Waals surface area contributed by atoms with Gasteiger partial charge in [-0.2, -0.15) is 5.26 Å². The maximum atomic E-state index is 11.8. The molecule has 2 rings (SSSR count). The first-order chi connectivity index (χ1) is 10.5. The second-order valence-electron chi connectivity index (χ2n) is 4.31. The number of amides is 1. The van der Waals surface area contributed by atoms with Crippen molar-refractivity contribution in [2.24, 2.45) is 0 Å². The minimum atomic E-state index is -3.82. The molecule has 7 nitrogen and oxygen atoms in total. The molecular formula is C14H13N3O4S. The van der Waals surface area contributed by atoms with Crippen LogP contribution in [-0.2, 0) is 10.0 Å². The predicted molar refractivity (Wildman–Crippen MR) is 78.7 cm³/mol. The van der Waals surface area contributed by atoms with Crippen LogP contribution in [0.1, 0.15) is 16.2 Å². The molecule has 1 aromatic carbocycles. The monoisotopic (exact) mass is 319 g/mol. The Kier molecular flexibility index (Phi) is 4.80. The van der Waals surface area contributed by atoms with E-state index >= 15 is 0 Å². The Morgan fingerprint density at radius 3 is 2.59 bits per heavy atom. The molecule has 2 N–H and O–H groups in total. The molecule has 1 aromatic heterocycles. The van der Waals surface area contributed by atoms with Crippen LogP contribution < -0.4 is 9.46 Å². The molecule has 0 aliphatic rings. The normalized spacial score (nSPS) is 10.7. The zero-order chi connectivity index (χ0) is 16.0. The number of carbonyl (C=O) groups excluding carboxylic acids is 1. The number of nitrogens with zero attached hydrogens (tertiary/aromatic N) is 1. The first-order valence-electron chi connectivity index (χ1n) is 6.32. The minimum Gasteiger partial charge on any atom is -0.492 e. The topological polar surface area (TPSA) is 112 Å². The predicted octanol–water partition coefficient (Wildman–Crippen LogP) is 1.02. The molecule has 114 valence electrons. The van der Waals surface area contributed by atoms with Crippen molar-refractivity contribution in [1.29, 1.82) is 5.26 Å². The summed E-state index contributed by atoms with van der Waals surface area (Å²) in [5, 5.41) is 8.64. The van der Waals surface area contributed by atoms with E-state index in [0.29, 0.717) is 5.75 Å². The first-order valence-corrected chi connectivity index (χ1v) is 7.97. The highest BCUT2D eigenvalue weighted by Gasteiger charge is 2.17. The van der Waals surface area contributed by atoms with Gasteiger partial charge in [0.25, 0.3) is 5.91 Å². The van der Waals surface area contributed by atoms with Crippen molar-refractivity contribution < 1.29 is 17.9 Å². The van der Waals surface area contributed by atoms with Gasteiger partial charge in [-0.05, 0) is 24.3 Å². The van der Waals surface area contributed by atoms with Crippen molar-refractivity contribution in [3.63, 3.8) is 0 Å². The molecule has 0 radical (unpaired) electrons. The summed E-state index contributed by atoms with van der Waals surface area (Å²) in [7, 11) is -3.82. The number of nitrogens with one attached hydrogen (secondary N) is 2. The van der Waals surface area contributed by atoms with Gasteiger partial charge < -0.3 is 9.72 Å². The summed E-state index contributed by atoms with van der Waals surface area (Å²) in [5.41, 5.74) is 0.180. The lowest BCUT2D eigenvalue weighted by atomic mass is 10.3. The maximum Gasteiger partial charge on any atom is 0.281 e. The van der Waals surface area contributed by atoms with E-state index in [4.69, 9.17) is 10.00 Å². The van der Waals surface area contributed by atoms with Crippen LogP contribution in [0.2, 0.25) is 0 Å². The fraction of sp³-hybridized carbons (Fsp3) is 0.143. The molecule has 0 bridgehead atoms. The number of nitriles is 1. The van der Waals surface area contributed by atoms with E-state index in [0.717, 1.165) is 0 Å². The number of hydrogen-bond acceptors (Lipinski definition) is 5. The number of carbonyl (C=O) groups is 1. The van der Waals surface area contributed by atoms with E-state index < -0.39 is 15.9 Å². The lowest BCUT2D eigenvalue weighted by Crippen LogP contribution is -2.34. The van der Waals surface area contributed by atoms with Crippen LogP contribution >= 0.6 is 0 Å². The highest BCUT2D eigenvalue weighted by molar-refractivity contribution is 7.90. The van der Waals surface area contributed by atoms with Crippen molar-refractivity contribution >= 4 is 15.9 Å². The Hall–Kier alpha value is -2.79. The van der Waals surface area contributed by atoms with Crippen molar-refractivity contribution in [1.82, 2.24) is 9.71 Å². The fourth-order valence-electron chi connectivity index (χ4n) is 1.63. The number of H-pyrrole nitrogens is 1. The van der Waals surface area contributed by atoms with Crippen molar-refractivity contribution in [3.05, 3.63) is 53.9 Å². The molecule has 0 saturated heterocycles. The van der Waals surface area contributed by atoms with Crippen LogP contribution in [0.3, 0.4) is 0 Å². The maximum absolute atomic E-state index is 11.8. The van der Waals surface area contributed by atoms with Gasteiger partial charge in [0.05, 0.1) is 0 Å². The number of benzene rings is 1. The number of aromatic amines is 1. The largest absolute Gasteiger partial charge is 0.492 e. The van der Waals surface area contributed by atoms with Gasteiger partial charge in [-0.3, -0.25) is 4.79 Å². The van der Waals surface area contributed by atoms with E-state index in [-0.39, 0.29) is 23.7 Å². The highest BCUT2D eigenvalue weighted by atomic mass is 32.2. The van der Waals surface area contributed by atoms with Crippen molar-refractivity contribution in [2.45, 2.75) is 0 Å². The van der Waals surface area contributed by atoms with Crippen LogP contribution in [0.5, 0.6) is 5.75 Å². The smallest absolute Gasteiger partial charge is 0.281 e. The lowest BCUT2D eigenvalue weighted by molar-refractivity contribution is 0.0977. The van der Waals surface area contributed by atoms with Gasteiger partial charge in [0.2, 0.25) is 10.0 Å². The van der Waals surface area contributed by atoms with Gasteiger partial charge in [-0.25, -0.2) is 13.1 Å². The highest BCUT2D eigenvalue weighted by Crippen LogP contribution is 2.08. The summed E-state index contributed by atoms with van der Waals surface area (Å²) < 4.78 is 30.8. The molecule has 1 amide bonds. The molecule has 0 atom stereocenters. The van der Waals surface area contributed by atoms with Crippen LogP contribution in [0.4, 0.5) is 0 Å². The number of hydrogen-bond donors (Lipinski definition) is 2. The van der Waals surface area contributed by atoms with Crippen LogP contribution in [0, 0.1) is 11.3 Å². The summed E-state index contributed by atoms with van der Waals surface area (Å²) in [6.07, 6.45) is 0. The molecule has 0 spiro atoms. The van der Waals surface area contributed by atoms with Crippen LogP contribution in [0.15, 0.2) is 42.5 Å². The molecule has 22 heavy (non-hydrogen) atoms. The van der Waals surface area contributed by atoms with Crippen molar-refractivity contribution in [2.75, 3.05) is 12.4 Å². The molecule has 0 saturated carbocycles. The van der Waals surface area contributed by atoms with Gasteiger partial charge >= 0.3 is 0 Å². The lowest BCUT2D eigenvalue weighted by Gasteiger charge is -2.07. The Bertz CT molecular complexity index is 791. The zero-order valence-electron chi connectivity index (χ0n) is 11.4. The van der Waals surface area contributed by atoms with Crippen molar-refractivity contribution in [3.8, 4) is 11.8 Å². The molecule has 0 aliphatic heterocycles. The standard InChI is InChI=1S/C14H13N3O4S/c15-10-11-6-7-13(16-11)14(18)17-22(19,20)9-8-21-12-4-2-1-3-5-12/h1-7,16H,8-9H2,(H,17,18). The summed E-state index contributed by atoms with van der Waals surface area (Å²) in [4.78, 5) is 14.2. The van der Waals surface area contributed by atoms with E-state index in [1.807, 2.05) is 16.9 Å². The SMILES string of the molecule is N#Cc1ccc(C(=O)NS(=O)(=O)CCOc2ccccc2)[nH]1. The number of rotatable bonds is 6. The second-order valence-corrected chi connectivity index (χ2v) is 6.15. The van der Waals surface area contributed by atoms with E-state index in [1.165, 1.54) is 12.1 Å². The van der Waals surface area contributed by atoms with E-state index in [9.17, 15) is 13.2 Å². The molecule has 1 heterocycles. The minimum absolute atomic E-state index is 0.00380. The molecular weight excluding hydrogens is 306 g/mol. The van der Waals surface area contributed by atoms with Gasteiger partial charge in [0, 0.05) is 0 Å². The Labute approximate surface area is 127 Å². The Morgan fingerprint density at radius 2 is 1.95 bits per heavy atom.